The lowest BCUT2D eigenvalue weighted by Crippen LogP contribution is -2.38. The number of guanidine groups is 1. The Balaban J connectivity index is 1.86. The molecule has 3 N–H and O–H groups in total. The maximum Gasteiger partial charge on any atom is 0.191 e. The van der Waals surface area contributed by atoms with Gasteiger partial charge < -0.3 is 20.3 Å². The number of benzene rings is 1. The molecule has 1 heterocycles. The Morgan fingerprint density at radius 2 is 1.89 bits per heavy atom. The first-order valence-corrected chi connectivity index (χ1v) is 9.88. The van der Waals surface area contributed by atoms with E-state index in [1.807, 2.05) is 43.3 Å². The summed E-state index contributed by atoms with van der Waals surface area (Å²) in [4.78, 5) is 4.56. The minimum absolute atomic E-state index is 0.434. The molecule has 0 aliphatic heterocycles. The molecule has 0 saturated carbocycles. The van der Waals surface area contributed by atoms with Crippen molar-refractivity contribution in [1.29, 1.82) is 0 Å². The lowest BCUT2D eigenvalue weighted by atomic mass is 9.99. The van der Waals surface area contributed by atoms with Crippen molar-refractivity contribution in [2.24, 2.45) is 4.99 Å². The minimum atomic E-state index is -0.488. The van der Waals surface area contributed by atoms with Crippen LogP contribution in [0.2, 0.25) is 0 Å². The summed E-state index contributed by atoms with van der Waals surface area (Å²) in [6.45, 7) is 8.18. The van der Waals surface area contributed by atoms with Gasteiger partial charge in [-0.25, -0.2) is 4.99 Å². The number of aromatic nitrogens is 1. The maximum atomic E-state index is 10.2. The summed E-state index contributed by atoms with van der Waals surface area (Å²) >= 11 is 0. The van der Waals surface area contributed by atoms with Gasteiger partial charge in [0.15, 0.2) is 11.7 Å². The van der Waals surface area contributed by atoms with E-state index in [-0.39, 0.29) is 0 Å². The number of hydrogen-bond acceptors (Lipinski definition) is 4. The number of rotatable bonds is 10. The lowest BCUT2D eigenvalue weighted by Gasteiger charge is -2.14. The first-order valence-electron chi connectivity index (χ1n) is 9.88. The lowest BCUT2D eigenvalue weighted by molar-refractivity contribution is 0.168. The van der Waals surface area contributed by atoms with Gasteiger partial charge in [0.25, 0.3) is 0 Å². The van der Waals surface area contributed by atoms with Crippen LogP contribution in [-0.2, 0) is 6.54 Å². The zero-order valence-corrected chi connectivity index (χ0v) is 16.6. The summed E-state index contributed by atoms with van der Waals surface area (Å²) in [7, 11) is 0. The number of nitrogens with zero attached hydrogens (tertiary/aromatic N) is 2. The van der Waals surface area contributed by atoms with Crippen molar-refractivity contribution in [1.82, 2.24) is 15.8 Å². The second-order valence-electron chi connectivity index (χ2n) is 6.57. The molecule has 0 saturated heterocycles. The molecule has 0 radical (unpaired) electrons. The second kappa shape index (κ2) is 11.4. The van der Waals surface area contributed by atoms with Crippen LogP contribution in [0.25, 0.3) is 0 Å². The minimum Gasteiger partial charge on any atom is -0.388 e. The number of aliphatic hydroxyl groups excluding tert-OH is 1. The Morgan fingerprint density at radius 3 is 2.56 bits per heavy atom. The second-order valence-corrected chi connectivity index (χ2v) is 6.57. The molecule has 2 rings (SSSR count). The first kappa shape index (κ1) is 21.0. The molecule has 1 aromatic carbocycles. The molecule has 0 fully saturated rings. The topological polar surface area (TPSA) is 82.7 Å². The predicted octanol–water partition coefficient (Wildman–Crippen LogP) is 3.76. The third-order valence-corrected chi connectivity index (χ3v) is 4.61. The molecule has 2 aromatic rings. The van der Waals surface area contributed by atoms with Crippen molar-refractivity contribution >= 4 is 5.96 Å². The zero-order chi connectivity index (χ0) is 19.5. The van der Waals surface area contributed by atoms with Gasteiger partial charge >= 0.3 is 0 Å². The molecule has 6 nitrogen and oxygen atoms in total. The number of aliphatic hydroxyl groups is 1. The number of hydrogen-bond donors (Lipinski definition) is 3. The summed E-state index contributed by atoms with van der Waals surface area (Å²) < 4.78 is 5.43. The monoisotopic (exact) mass is 372 g/mol. The van der Waals surface area contributed by atoms with Crippen LogP contribution in [0.3, 0.4) is 0 Å². The average Bonchev–Trinajstić information content (AvgIpc) is 3.16. The fourth-order valence-corrected chi connectivity index (χ4v) is 2.97. The Bertz CT molecular complexity index is 680. The van der Waals surface area contributed by atoms with Gasteiger partial charge in [0.1, 0.15) is 6.54 Å². The van der Waals surface area contributed by atoms with Crippen LogP contribution in [-0.4, -0.2) is 29.3 Å². The van der Waals surface area contributed by atoms with E-state index in [4.69, 9.17) is 4.52 Å². The summed E-state index contributed by atoms with van der Waals surface area (Å²) in [5, 5.41) is 20.9. The van der Waals surface area contributed by atoms with E-state index in [9.17, 15) is 5.11 Å². The largest absolute Gasteiger partial charge is 0.388 e. The molecule has 148 valence electrons. The van der Waals surface area contributed by atoms with Gasteiger partial charge in [-0.3, -0.25) is 0 Å². The van der Waals surface area contributed by atoms with Crippen molar-refractivity contribution < 1.29 is 9.63 Å². The van der Waals surface area contributed by atoms with E-state index < -0.39 is 6.10 Å². The SMILES string of the molecule is CCNC(=NCc1cc(C(CC)CC)no1)NCCC(O)c1ccccc1. The standard InChI is InChI=1S/C21H32N4O2/c1-4-16(5-2)19-14-18(27-25-19)15-24-21(22-6-3)23-13-12-20(26)17-10-8-7-9-11-17/h7-11,14,16,20,26H,4-6,12-13,15H2,1-3H3,(H2,22,23,24). The number of aliphatic imine (C=N–C) groups is 1. The van der Waals surface area contributed by atoms with Crippen molar-refractivity contribution in [2.45, 2.75) is 58.6 Å². The third kappa shape index (κ3) is 6.71. The maximum absolute atomic E-state index is 10.2. The van der Waals surface area contributed by atoms with Gasteiger partial charge in [-0.05, 0) is 31.7 Å². The van der Waals surface area contributed by atoms with E-state index in [2.05, 4.69) is 34.6 Å². The van der Waals surface area contributed by atoms with Crippen LogP contribution in [0.5, 0.6) is 0 Å². The molecule has 0 aliphatic rings. The fourth-order valence-electron chi connectivity index (χ4n) is 2.97. The molecule has 6 heteroatoms. The molecule has 0 aliphatic carbocycles. The van der Waals surface area contributed by atoms with Crippen molar-refractivity contribution in [2.75, 3.05) is 13.1 Å². The van der Waals surface area contributed by atoms with Gasteiger partial charge in [0.2, 0.25) is 0 Å². The van der Waals surface area contributed by atoms with Crippen LogP contribution in [0, 0.1) is 0 Å². The molecule has 0 spiro atoms. The molecule has 1 atom stereocenters. The highest BCUT2D eigenvalue weighted by molar-refractivity contribution is 5.79. The van der Waals surface area contributed by atoms with E-state index in [0.29, 0.717) is 31.4 Å². The van der Waals surface area contributed by atoms with Crippen molar-refractivity contribution in [3.8, 4) is 0 Å². The molecule has 0 amide bonds. The Morgan fingerprint density at radius 1 is 1.15 bits per heavy atom. The highest BCUT2D eigenvalue weighted by Gasteiger charge is 2.13. The molecule has 1 aromatic heterocycles. The van der Waals surface area contributed by atoms with E-state index >= 15 is 0 Å². The van der Waals surface area contributed by atoms with Crippen LogP contribution in [0.1, 0.15) is 69.1 Å². The molecule has 0 bridgehead atoms. The summed E-state index contributed by atoms with van der Waals surface area (Å²) in [5.74, 6) is 1.91. The molecule has 1 unspecified atom stereocenters. The van der Waals surface area contributed by atoms with Gasteiger partial charge in [0.05, 0.1) is 11.8 Å². The van der Waals surface area contributed by atoms with E-state index in [1.54, 1.807) is 0 Å². The average molecular weight is 373 g/mol. The molecular formula is C21H32N4O2. The summed E-state index contributed by atoms with van der Waals surface area (Å²) in [6.07, 6.45) is 2.23. The molecule has 27 heavy (non-hydrogen) atoms. The normalized spacial score (nSPS) is 13.0. The van der Waals surface area contributed by atoms with Crippen LogP contribution in [0.15, 0.2) is 45.9 Å². The van der Waals surface area contributed by atoms with Gasteiger partial charge in [-0.2, -0.15) is 0 Å². The van der Waals surface area contributed by atoms with Crippen molar-refractivity contribution in [3.63, 3.8) is 0 Å². The Hall–Kier alpha value is -2.34. The quantitative estimate of drug-likeness (QED) is 0.437. The van der Waals surface area contributed by atoms with Gasteiger partial charge in [0, 0.05) is 25.1 Å². The smallest absolute Gasteiger partial charge is 0.191 e. The highest BCUT2D eigenvalue weighted by Crippen LogP contribution is 2.22. The fraction of sp³-hybridized carbons (Fsp3) is 0.524. The Labute approximate surface area is 162 Å². The van der Waals surface area contributed by atoms with Crippen LogP contribution in [0.4, 0.5) is 0 Å². The van der Waals surface area contributed by atoms with E-state index in [1.165, 1.54) is 0 Å². The van der Waals surface area contributed by atoms with Gasteiger partial charge in [-0.1, -0.05) is 49.3 Å². The van der Waals surface area contributed by atoms with Gasteiger partial charge in [-0.15, -0.1) is 0 Å². The van der Waals surface area contributed by atoms with Crippen molar-refractivity contribution in [3.05, 3.63) is 53.4 Å². The van der Waals surface area contributed by atoms with Crippen LogP contribution < -0.4 is 10.6 Å². The summed E-state index contributed by atoms with van der Waals surface area (Å²) in [6, 6.07) is 11.7. The summed E-state index contributed by atoms with van der Waals surface area (Å²) in [5.41, 5.74) is 1.94. The molecular weight excluding hydrogens is 340 g/mol. The Kier molecular flexibility index (Phi) is 8.84. The van der Waals surface area contributed by atoms with Crippen LogP contribution >= 0.6 is 0 Å². The third-order valence-electron chi connectivity index (χ3n) is 4.61. The van der Waals surface area contributed by atoms with E-state index in [0.717, 1.165) is 36.4 Å². The number of nitrogens with one attached hydrogen (secondary N) is 2. The first-order chi connectivity index (χ1) is 13.2. The highest BCUT2D eigenvalue weighted by atomic mass is 16.5. The zero-order valence-electron chi connectivity index (χ0n) is 16.6. The predicted molar refractivity (Wildman–Crippen MR) is 109 cm³/mol.